The van der Waals surface area contributed by atoms with Crippen molar-refractivity contribution in [2.24, 2.45) is 5.92 Å². The molecular formula is C25H50O3. The number of hydrogen-bond acceptors (Lipinski definition) is 2. The van der Waals surface area contributed by atoms with E-state index in [0.717, 1.165) is 38.5 Å². The minimum Gasteiger partial charge on any atom is -0.481 e. The number of carbonyl (C=O) groups is 1. The second-order valence-corrected chi connectivity index (χ2v) is 8.50. The van der Waals surface area contributed by atoms with Crippen LogP contribution in [0.15, 0.2) is 0 Å². The summed E-state index contributed by atoms with van der Waals surface area (Å²) in [5.41, 5.74) is 0. The fraction of sp³-hybridized carbons (Fsp3) is 0.960. The zero-order chi connectivity index (χ0) is 20.9. The van der Waals surface area contributed by atoms with Gasteiger partial charge in [-0.1, -0.05) is 117 Å². The molecular weight excluding hydrogens is 348 g/mol. The summed E-state index contributed by atoms with van der Waals surface area (Å²) in [4.78, 5) is 11.6. The molecule has 0 radical (unpaired) electrons. The maximum atomic E-state index is 11.6. The Bertz CT molecular complexity index is 330. The van der Waals surface area contributed by atoms with Gasteiger partial charge in [-0.3, -0.25) is 4.79 Å². The van der Waals surface area contributed by atoms with Crippen molar-refractivity contribution in [3.8, 4) is 0 Å². The van der Waals surface area contributed by atoms with Crippen LogP contribution in [0.2, 0.25) is 0 Å². The van der Waals surface area contributed by atoms with E-state index in [-0.39, 0.29) is 12.0 Å². The van der Waals surface area contributed by atoms with Gasteiger partial charge in [-0.2, -0.15) is 0 Å². The molecule has 168 valence electrons. The molecule has 0 aromatic rings. The van der Waals surface area contributed by atoms with Gasteiger partial charge in [-0.15, -0.1) is 0 Å². The average Bonchev–Trinajstić information content (AvgIpc) is 2.69. The highest BCUT2D eigenvalue weighted by Crippen LogP contribution is 2.21. The summed E-state index contributed by atoms with van der Waals surface area (Å²) in [6.45, 7) is 7.14. The molecule has 0 bridgehead atoms. The van der Waals surface area contributed by atoms with Crippen molar-refractivity contribution in [3.05, 3.63) is 0 Å². The van der Waals surface area contributed by atoms with Crippen LogP contribution in [0.25, 0.3) is 0 Å². The maximum Gasteiger partial charge on any atom is 0.309 e. The summed E-state index contributed by atoms with van der Waals surface area (Å²) in [6.07, 6.45) is 22.2. The van der Waals surface area contributed by atoms with Gasteiger partial charge in [-0.25, -0.2) is 0 Å². The van der Waals surface area contributed by atoms with E-state index >= 15 is 0 Å². The molecule has 3 heteroatoms. The first kappa shape index (κ1) is 27.4. The smallest absolute Gasteiger partial charge is 0.309 e. The number of aliphatic carboxylic acids is 1. The Morgan fingerprint density at radius 1 is 0.679 bits per heavy atom. The Hall–Kier alpha value is -0.570. The minimum atomic E-state index is -0.682. The molecule has 0 fully saturated rings. The molecule has 28 heavy (non-hydrogen) atoms. The van der Waals surface area contributed by atoms with E-state index < -0.39 is 5.97 Å². The normalized spacial score (nSPS) is 13.5. The van der Waals surface area contributed by atoms with Gasteiger partial charge in [0.1, 0.15) is 0 Å². The van der Waals surface area contributed by atoms with Crippen LogP contribution in [-0.4, -0.2) is 23.8 Å². The van der Waals surface area contributed by atoms with E-state index in [4.69, 9.17) is 4.74 Å². The molecule has 0 amide bonds. The van der Waals surface area contributed by atoms with Crippen LogP contribution in [0, 0.1) is 5.92 Å². The molecule has 0 aliphatic carbocycles. The van der Waals surface area contributed by atoms with E-state index in [0.29, 0.717) is 6.61 Å². The van der Waals surface area contributed by atoms with Crippen molar-refractivity contribution in [1.29, 1.82) is 0 Å². The van der Waals surface area contributed by atoms with Crippen LogP contribution in [0.5, 0.6) is 0 Å². The van der Waals surface area contributed by atoms with Crippen LogP contribution in [0.1, 0.15) is 136 Å². The monoisotopic (exact) mass is 398 g/mol. The molecule has 0 spiro atoms. The quantitative estimate of drug-likeness (QED) is 0.187. The van der Waals surface area contributed by atoms with Crippen molar-refractivity contribution >= 4 is 5.97 Å². The van der Waals surface area contributed by atoms with Gasteiger partial charge in [0.25, 0.3) is 0 Å². The van der Waals surface area contributed by atoms with Gasteiger partial charge in [0.2, 0.25) is 0 Å². The average molecular weight is 399 g/mol. The zero-order valence-corrected chi connectivity index (χ0v) is 19.4. The van der Waals surface area contributed by atoms with Crippen molar-refractivity contribution < 1.29 is 14.6 Å². The van der Waals surface area contributed by atoms with Gasteiger partial charge in [0, 0.05) is 6.61 Å². The van der Waals surface area contributed by atoms with Crippen molar-refractivity contribution in [2.75, 3.05) is 6.61 Å². The van der Waals surface area contributed by atoms with Crippen molar-refractivity contribution in [2.45, 2.75) is 142 Å². The first-order chi connectivity index (χ1) is 13.7. The summed E-state index contributed by atoms with van der Waals surface area (Å²) in [5.74, 6) is -1.02. The van der Waals surface area contributed by atoms with Gasteiger partial charge in [0.15, 0.2) is 0 Å². The van der Waals surface area contributed by atoms with Gasteiger partial charge >= 0.3 is 5.97 Å². The Kier molecular flexibility index (Phi) is 20.7. The second kappa shape index (κ2) is 21.1. The van der Waals surface area contributed by atoms with E-state index in [2.05, 4.69) is 13.8 Å². The highest BCUT2D eigenvalue weighted by molar-refractivity contribution is 5.70. The molecule has 0 saturated heterocycles. The largest absolute Gasteiger partial charge is 0.481 e. The van der Waals surface area contributed by atoms with Gasteiger partial charge in [0.05, 0.1) is 12.0 Å². The number of ether oxygens (including phenoxy) is 1. The third-order valence-corrected chi connectivity index (χ3v) is 5.87. The number of carboxylic acids is 1. The van der Waals surface area contributed by atoms with E-state index in [1.54, 1.807) is 0 Å². The molecule has 0 aromatic heterocycles. The van der Waals surface area contributed by atoms with Crippen molar-refractivity contribution in [3.63, 3.8) is 0 Å². The minimum absolute atomic E-state index is 0.119. The molecule has 0 aliphatic rings. The molecule has 0 heterocycles. The molecule has 0 aliphatic heterocycles. The molecule has 2 unspecified atom stereocenters. The first-order valence-electron chi connectivity index (χ1n) is 12.5. The lowest BCUT2D eigenvalue weighted by atomic mass is 9.93. The molecule has 0 rings (SSSR count). The summed E-state index contributed by atoms with van der Waals surface area (Å²) >= 11 is 0. The highest BCUT2D eigenvalue weighted by atomic mass is 16.5. The Morgan fingerprint density at radius 2 is 1.11 bits per heavy atom. The van der Waals surface area contributed by atoms with Crippen molar-refractivity contribution in [1.82, 2.24) is 0 Å². The third kappa shape index (κ3) is 16.4. The molecule has 0 saturated carbocycles. The zero-order valence-electron chi connectivity index (χ0n) is 19.4. The fourth-order valence-electron chi connectivity index (χ4n) is 3.92. The summed E-state index contributed by atoms with van der Waals surface area (Å²) in [6, 6.07) is 0. The molecule has 2 atom stereocenters. The van der Waals surface area contributed by atoms with Crippen LogP contribution >= 0.6 is 0 Å². The highest BCUT2D eigenvalue weighted by Gasteiger charge is 2.26. The number of hydrogen-bond donors (Lipinski definition) is 1. The van der Waals surface area contributed by atoms with E-state index in [9.17, 15) is 9.90 Å². The number of unbranched alkanes of at least 4 members (excludes halogenated alkanes) is 14. The predicted octanol–water partition coefficient (Wildman–Crippen LogP) is 8.15. The lowest BCUT2D eigenvalue weighted by Gasteiger charge is -2.23. The summed E-state index contributed by atoms with van der Waals surface area (Å²) in [5, 5.41) is 9.56. The standard InChI is InChI=1S/C25H50O3/c1-4-7-9-10-11-12-13-14-15-16-17-18-19-20-21-23(25(26)27)24(6-3)28-22-8-5-2/h23-24H,4-22H2,1-3H3,(H,26,27). The Balaban J connectivity index is 3.61. The number of carboxylic acid groups (broad SMARTS) is 1. The molecule has 3 nitrogen and oxygen atoms in total. The van der Waals surface area contributed by atoms with Crippen LogP contribution in [0.3, 0.4) is 0 Å². The topological polar surface area (TPSA) is 46.5 Å². The Morgan fingerprint density at radius 3 is 1.50 bits per heavy atom. The van der Waals surface area contributed by atoms with E-state index in [1.165, 1.54) is 77.0 Å². The predicted molar refractivity (Wildman–Crippen MR) is 121 cm³/mol. The lowest BCUT2D eigenvalue weighted by molar-refractivity contribution is -0.148. The van der Waals surface area contributed by atoms with Gasteiger partial charge in [-0.05, 0) is 19.3 Å². The molecule has 1 N–H and O–H groups in total. The van der Waals surface area contributed by atoms with E-state index in [1.807, 2.05) is 6.92 Å². The second-order valence-electron chi connectivity index (χ2n) is 8.50. The molecule has 0 aromatic carbocycles. The lowest BCUT2D eigenvalue weighted by Crippen LogP contribution is -2.30. The SMILES string of the molecule is CCCCCCCCCCCCCCCCC(C(=O)O)C(CC)OCCCC. The third-order valence-electron chi connectivity index (χ3n) is 5.87. The summed E-state index contributed by atoms with van der Waals surface area (Å²) < 4.78 is 5.84. The summed E-state index contributed by atoms with van der Waals surface area (Å²) in [7, 11) is 0. The van der Waals surface area contributed by atoms with Crippen LogP contribution < -0.4 is 0 Å². The van der Waals surface area contributed by atoms with Crippen LogP contribution in [-0.2, 0) is 9.53 Å². The maximum absolute atomic E-state index is 11.6. The Labute approximate surface area is 176 Å². The fourth-order valence-corrected chi connectivity index (χ4v) is 3.92. The first-order valence-corrected chi connectivity index (χ1v) is 12.5. The van der Waals surface area contributed by atoms with Crippen LogP contribution in [0.4, 0.5) is 0 Å². The number of rotatable bonds is 22. The van der Waals surface area contributed by atoms with Gasteiger partial charge < -0.3 is 9.84 Å².